The van der Waals surface area contributed by atoms with Gasteiger partial charge in [-0.15, -0.1) is 0 Å². The Kier molecular flexibility index (Phi) is 2.85. The van der Waals surface area contributed by atoms with Crippen molar-refractivity contribution >= 4 is 0 Å². The topological polar surface area (TPSA) is 27.0 Å². The van der Waals surface area contributed by atoms with Gasteiger partial charge in [-0.3, -0.25) is 4.90 Å². The summed E-state index contributed by atoms with van der Waals surface area (Å²) >= 11 is 0. The Hall–Kier alpha value is -0.550. The molecule has 0 aromatic rings. The Balaban J connectivity index is 1.98. The van der Waals surface area contributed by atoms with Crippen molar-refractivity contribution in [1.29, 1.82) is 5.26 Å². The van der Waals surface area contributed by atoms with Gasteiger partial charge in [0.05, 0.1) is 12.1 Å². The normalized spacial score (nSPS) is 31.8. The van der Waals surface area contributed by atoms with E-state index in [-0.39, 0.29) is 6.04 Å². The van der Waals surface area contributed by atoms with Crippen LogP contribution in [0.25, 0.3) is 0 Å². The molecule has 2 rings (SSSR count). The fourth-order valence-electron chi connectivity index (χ4n) is 2.77. The van der Waals surface area contributed by atoms with Crippen LogP contribution in [0.3, 0.4) is 0 Å². The summed E-state index contributed by atoms with van der Waals surface area (Å²) in [6.07, 6.45) is 9.07. The first-order chi connectivity index (χ1) is 6.42. The summed E-state index contributed by atoms with van der Waals surface area (Å²) in [6, 6.07) is 3.43. The maximum atomic E-state index is 9.03. The Morgan fingerprint density at radius 2 is 1.69 bits per heavy atom. The molecule has 0 aromatic heterocycles. The van der Waals surface area contributed by atoms with Crippen LogP contribution < -0.4 is 0 Å². The van der Waals surface area contributed by atoms with Crippen LogP contribution in [0.1, 0.15) is 44.9 Å². The molecule has 1 aliphatic heterocycles. The van der Waals surface area contributed by atoms with Crippen LogP contribution in [0, 0.1) is 11.3 Å². The van der Waals surface area contributed by atoms with E-state index >= 15 is 0 Å². The zero-order chi connectivity index (χ0) is 9.10. The molecular weight excluding hydrogens is 160 g/mol. The molecule has 1 saturated heterocycles. The molecule has 1 atom stereocenters. The van der Waals surface area contributed by atoms with E-state index in [0.717, 1.165) is 12.5 Å². The third-order valence-corrected chi connectivity index (χ3v) is 3.49. The predicted octanol–water partition coefficient (Wildman–Crippen LogP) is 2.31. The summed E-state index contributed by atoms with van der Waals surface area (Å²) in [5.41, 5.74) is 0. The number of hydrogen-bond donors (Lipinski definition) is 0. The van der Waals surface area contributed by atoms with Crippen molar-refractivity contribution in [3.05, 3.63) is 0 Å². The van der Waals surface area contributed by atoms with Gasteiger partial charge < -0.3 is 0 Å². The number of nitrogens with zero attached hydrogens (tertiary/aromatic N) is 2. The van der Waals surface area contributed by atoms with E-state index in [4.69, 9.17) is 5.26 Å². The minimum absolute atomic E-state index is 0.233. The maximum absolute atomic E-state index is 9.03. The van der Waals surface area contributed by atoms with Gasteiger partial charge in [0.2, 0.25) is 0 Å². The van der Waals surface area contributed by atoms with Gasteiger partial charge in [0.1, 0.15) is 0 Å². The summed E-state index contributed by atoms with van der Waals surface area (Å²) in [6.45, 7) is 1.17. The first-order valence-electron chi connectivity index (χ1n) is 5.57. The van der Waals surface area contributed by atoms with E-state index in [9.17, 15) is 0 Å². The van der Waals surface area contributed by atoms with Gasteiger partial charge in [-0.1, -0.05) is 12.8 Å². The highest BCUT2D eigenvalue weighted by atomic mass is 15.2. The zero-order valence-corrected chi connectivity index (χ0v) is 8.21. The lowest BCUT2D eigenvalue weighted by molar-refractivity contribution is 0.128. The largest absolute Gasteiger partial charge is 0.285 e. The van der Waals surface area contributed by atoms with E-state index in [1.165, 1.54) is 45.1 Å². The number of likely N-dealkylation sites (tertiary alicyclic amines) is 1. The lowest BCUT2D eigenvalue weighted by Crippen LogP contribution is -2.44. The first-order valence-corrected chi connectivity index (χ1v) is 5.57. The quantitative estimate of drug-likeness (QED) is 0.616. The molecule has 0 spiro atoms. The van der Waals surface area contributed by atoms with Crippen LogP contribution in [-0.4, -0.2) is 23.5 Å². The van der Waals surface area contributed by atoms with Gasteiger partial charge >= 0.3 is 0 Å². The summed E-state index contributed by atoms with van der Waals surface area (Å²) in [4.78, 5) is 2.47. The van der Waals surface area contributed by atoms with Crippen molar-refractivity contribution < 1.29 is 0 Å². The SMILES string of the molecule is N#CC1CCCCN1C1CCCC1. The summed E-state index contributed by atoms with van der Waals surface area (Å²) in [5, 5.41) is 9.03. The van der Waals surface area contributed by atoms with E-state index in [1.807, 2.05) is 0 Å². The van der Waals surface area contributed by atoms with E-state index in [2.05, 4.69) is 11.0 Å². The molecule has 1 unspecified atom stereocenters. The second-order valence-corrected chi connectivity index (χ2v) is 4.32. The summed E-state index contributed by atoms with van der Waals surface area (Å²) < 4.78 is 0. The van der Waals surface area contributed by atoms with E-state index in [1.54, 1.807) is 0 Å². The van der Waals surface area contributed by atoms with Gasteiger partial charge in [-0.05, 0) is 38.6 Å². The molecule has 72 valence electrons. The lowest BCUT2D eigenvalue weighted by atomic mass is 10.0. The van der Waals surface area contributed by atoms with Crippen LogP contribution in [0.4, 0.5) is 0 Å². The number of nitriles is 1. The molecule has 1 aliphatic carbocycles. The Morgan fingerprint density at radius 3 is 2.38 bits per heavy atom. The highest BCUT2D eigenvalue weighted by Gasteiger charge is 2.30. The maximum Gasteiger partial charge on any atom is 0.0980 e. The minimum atomic E-state index is 0.233. The van der Waals surface area contributed by atoms with Crippen molar-refractivity contribution in [1.82, 2.24) is 4.90 Å². The minimum Gasteiger partial charge on any atom is -0.285 e. The van der Waals surface area contributed by atoms with Crippen molar-refractivity contribution in [2.75, 3.05) is 6.54 Å². The summed E-state index contributed by atoms with van der Waals surface area (Å²) in [7, 11) is 0. The Morgan fingerprint density at radius 1 is 1.00 bits per heavy atom. The van der Waals surface area contributed by atoms with Crippen molar-refractivity contribution in [2.45, 2.75) is 57.0 Å². The van der Waals surface area contributed by atoms with Crippen LogP contribution in [-0.2, 0) is 0 Å². The van der Waals surface area contributed by atoms with Gasteiger partial charge in [0.15, 0.2) is 0 Å². The molecule has 1 saturated carbocycles. The molecule has 2 heteroatoms. The standard InChI is InChI=1S/C11H18N2/c12-9-11-7-3-4-8-13(11)10-5-1-2-6-10/h10-11H,1-8H2. The fraction of sp³-hybridized carbons (Fsp3) is 0.909. The number of rotatable bonds is 1. The summed E-state index contributed by atoms with van der Waals surface area (Å²) in [5.74, 6) is 0. The van der Waals surface area contributed by atoms with E-state index < -0.39 is 0 Å². The number of piperidine rings is 1. The Labute approximate surface area is 80.5 Å². The van der Waals surface area contributed by atoms with Gasteiger partial charge in [-0.25, -0.2) is 0 Å². The second-order valence-electron chi connectivity index (χ2n) is 4.32. The predicted molar refractivity (Wildman–Crippen MR) is 52.2 cm³/mol. The van der Waals surface area contributed by atoms with Crippen LogP contribution in [0.15, 0.2) is 0 Å². The molecule has 2 fully saturated rings. The smallest absolute Gasteiger partial charge is 0.0980 e. The van der Waals surface area contributed by atoms with Crippen LogP contribution in [0.2, 0.25) is 0 Å². The number of hydrogen-bond acceptors (Lipinski definition) is 2. The fourth-order valence-corrected chi connectivity index (χ4v) is 2.77. The van der Waals surface area contributed by atoms with Crippen LogP contribution >= 0.6 is 0 Å². The molecule has 0 bridgehead atoms. The highest BCUT2D eigenvalue weighted by Crippen LogP contribution is 2.28. The van der Waals surface area contributed by atoms with Crippen LogP contribution in [0.5, 0.6) is 0 Å². The van der Waals surface area contributed by atoms with Crippen molar-refractivity contribution in [3.8, 4) is 6.07 Å². The van der Waals surface area contributed by atoms with Crippen molar-refractivity contribution in [3.63, 3.8) is 0 Å². The highest BCUT2D eigenvalue weighted by molar-refractivity contribution is 4.97. The third kappa shape index (κ3) is 1.86. The average Bonchev–Trinajstić information content (AvgIpc) is 2.70. The molecule has 0 aromatic carbocycles. The molecule has 0 N–H and O–H groups in total. The molecular formula is C11H18N2. The zero-order valence-electron chi connectivity index (χ0n) is 8.21. The molecule has 2 aliphatic rings. The molecule has 0 amide bonds. The Bertz CT molecular complexity index is 201. The molecule has 2 nitrogen and oxygen atoms in total. The second kappa shape index (κ2) is 4.11. The molecule has 13 heavy (non-hydrogen) atoms. The molecule has 1 heterocycles. The molecule has 0 radical (unpaired) electrons. The van der Waals surface area contributed by atoms with E-state index in [0.29, 0.717) is 0 Å². The average molecular weight is 178 g/mol. The van der Waals surface area contributed by atoms with Gasteiger partial charge in [-0.2, -0.15) is 5.26 Å². The van der Waals surface area contributed by atoms with Gasteiger partial charge in [0, 0.05) is 6.04 Å². The van der Waals surface area contributed by atoms with Gasteiger partial charge in [0.25, 0.3) is 0 Å². The monoisotopic (exact) mass is 178 g/mol. The first kappa shape index (κ1) is 9.02. The lowest BCUT2D eigenvalue weighted by Gasteiger charge is -2.36. The van der Waals surface area contributed by atoms with Crippen molar-refractivity contribution in [2.24, 2.45) is 0 Å². The third-order valence-electron chi connectivity index (χ3n) is 3.49.